The topological polar surface area (TPSA) is 102 Å². The van der Waals surface area contributed by atoms with Crippen LogP contribution < -0.4 is 5.56 Å². The Morgan fingerprint density at radius 3 is 2.38 bits per heavy atom. The van der Waals surface area contributed by atoms with E-state index in [1.54, 1.807) is 53.4 Å². The number of nitrogens with one attached hydrogen (secondary N) is 1. The Kier molecular flexibility index (Phi) is 5.35. The van der Waals surface area contributed by atoms with Gasteiger partial charge < -0.3 is 14.4 Å². The third-order valence-corrected chi connectivity index (χ3v) is 4.76. The van der Waals surface area contributed by atoms with Gasteiger partial charge in [0.25, 0.3) is 11.5 Å². The van der Waals surface area contributed by atoms with Crippen LogP contribution >= 0.6 is 0 Å². The van der Waals surface area contributed by atoms with Crippen LogP contribution in [0.5, 0.6) is 0 Å². The van der Waals surface area contributed by atoms with Gasteiger partial charge >= 0.3 is 5.97 Å². The Labute approximate surface area is 166 Å². The summed E-state index contributed by atoms with van der Waals surface area (Å²) in [6.07, 6.45) is -1.12. The van der Waals surface area contributed by atoms with Gasteiger partial charge in [0.1, 0.15) is 0 Å². The summed E-state index contributed by atoms with van der Waals surface area (Å²) in [5, 5.41) is 6.87. The quantitative estimate of drug-likeness (QED) is 0.677. The predicted molar refractivity (Wildman–Crippen MR) is 104 cm³/mol. The normalized spacial score (nSPS) is 15.1. The van der Waals surface area contributed by atoms with E-state index < -0.39 is 17.6 Å². The van der Waals surface area contributed by atoms with Crippen LogP contribution in [0.15, 0.2) is 59.4 Å². The van der Waals surface area contributed by atoms with Crippen molar-refractivity contribution in [3.63, 3.8) is 0 Å². The lowest BCUT2D eigenvalue weighted by Crippen LogP contribution is -2.44. The number of hydrogen-bond donors (Lipinski definition) is 1. The summed E-state index contributed by atoms with van der Waals surface area (Å²) in [4.78, 5) is 39.6. The van der Waals surface area contributed by atoms with E-state index in [2.05, 4.69) is 10.2 Å². The molecule has 1 aromatic heterocycles. The molecule has 2 heterocycles. The second-order valence-corrected chi connectivity index (χ2v) is 6.58. The average Bonchev–Trinajstić information content (AvgIpc) is 2.78. The number of nitrogens with zero attached hydrogens (tertiary/aromatic N) is 2. The smallest absolute Gasteiger partial charge is 0.360 e. The molecule has 1 amide bonds. The molecule has 1 fully saturated rings. The number of ether oxygens (including phenoxy) is 2. The van der Waals surface area contributed by atoms with Gasteiger partial charge in [0.05, 0.1) is 18.6 Å². The van der Waals surface area contributed by atoms with Crippen LogP contribution in [0.2, 0.25) is 0 Å². The average molecular weight is 393 g/mol. The molecule has 3 aromatic rings. The molecular weight excluding hydrogens is 374 g/mol. The van der Waals surface area contributed by atoms with E-state index in [4.69, 9.17) is 9.47 Å². The summed E-state index contributed by atoms with van der Waals surface area (Å²) in [6, 6.07) is 15.4. The molecule has 0 bridgehead atoms. The highest BCUT2D eigenvalue weighted by Gasteiger charge is 2.31. The Bertz CT molecular complexity index is 1090. The highest BCUT2D eigenvalue weighted by atomic mass is 16.5. The molecule has 1 aliphatic rings. The van der Waals surface area contributed by atoms with Crippen molar-refractivity contribution in [2.24, 2.45) is 0 Å². The first-order chi connectivity index (χ1) is 14.1. The number of aromatic nitrogens is 2. The van der Waals surface area contributed by atoms with Gasteiger partial charge in [0.2, 0.25) is 6.10 Å². The number of carbonyl (C=O) groups excluding carboxylic acids is 2. The van der Waals surface area contributed by atoms with Crippen molar-refractivity contribution in [3.05, 3.63) is 76.2 Å². The zero-order valence-electron chi connectivity index (χ0n) is 15.5. The Hall–Kier alpha value is -3.52. The van der Waals surface area contributed by atoms with Gasteiger partial charge in [0, 0.05) is 24.0 Å². The summed E-state index contributed by atoms with van der Waals surface area (Å²) in [5.74, 6) is -1.10. The molecule has 1 atom stereocenters. The van der Waals surface area contributed by atoms with Crippen molar-refractivity contribution in [3.8, 4) is 0 Å². The second kappa shape index (κ2) is 8.24. The standard InChI is InChI=1S/C21H19N3O5/c25-19-16-9-5-4-8-15(16)17(22-23-19)21(27)29-18(14-6-2-1-3-7-14)20(26)24-10-12-28-13-11-24/h1-9,18H,10-13H2,(H,23,25). The molecule has 0 aliphatic carbocycles. The summed E-state index contributed by atoms with van der Waals surface area (Å²) < 4.78 is 10.9. The van der Waals surface area contributed by atoms with Crippen LogP contribution in [0, 0.1) is 0 Å². The molecule has 0 saturated carbocycles. The van der Waals surface area contributed by atoms with Crippen molar-refractivity contribution in [2.75, 3.05) is 26.3 Å². The van der Waals surface area contributed by atoms with E-state index in [1.807, 2.05) is 6.07 Å². The molecule has 29 heavy (non-hydrogen) atoms. The maximum absolute atomic E-state index is 13.1. The molecule has 1 saturated heterocycles. The molecule has 0 radical (unpaired) electrons. The number of hydrogen-bond acceptors (Lipinski definition) is 6. The van der Waals surface area contributed by atoms with Crippen LogP contribution in [-0.2, 0) is 14.3 Å². The molecule has 2 aromatic carbocycles. The maximum atomic E-state index is 13.1. The van der Waals surface area contributed by atoms with E-state index in [0.29, 0.717) is 42.6 Å². The number of rotatable bonds is 4. The molecule has 4 rings (SSSR count). The van der Waals surface area contributed by atoms with Gasteiger partial charge in [-0.2, -0.15) is 5.10 Å². The Morgan fingerprint density at radius 2 is 1.66 bits per heavy atom. The van der Waals surface area contributed by atoms with Gasteiger partial charge in [0.15, 0.2) is 5.69 Å². The van der Waals surface area contributed by atoms with Crippen LogP contribution in [0.25, 0.3) is 10.8 Å². The minimum Gasteiger partial charge on any atom is -0.442 e. The molecule has 1 aliphatic heterocycles. The van der Waals surface area contributed by atoms with Crippen molar-refractivity contribution in [2.45, 2.75) is 6.10 Å². The molecule has 0 spiro atoms. The van der Waals surface area contributed by atoms with Gasteiger partial charge in [-0.25, -0.2) is 9.89 Å². The fraction of sp³-hybridized carbons (Fsp3) is 0.238. The Balaban J connectivity index is 1.68. The molecule has 8 nitrogen and oxygen atoms in total. The third kappa shape index (κ3) is 3.88. The van der Waals surface area contributed by atoms with E-state index in [9.17, 15) is 14.4 Å². The van der Waals surface area contributed by atoms with Gasteiger partial charge in [-0.1, -0.05) is 48.5 Å². The summed E-state index contributed by atoms with van der Waals surface area (Å²) >= 11 is 0. The zero-order valence-corrected chi connectivity index (χ0v) is 15.5. The second-order valence-electron chi connectivity index (χ2n) is 6.58. The zero-order chi connectivity index (χ0) is 20.2. The minimum atomic E-state index is -1.12. The lowest BCUT2D eigenvalue weighted by atomic mass is 10.1. The lowest BCUT2D eigenvalue weighted by molar-refractivity contribution is -0.145. The largest absolute Gasteiger partial charge is 0.442 e. The number of H-pyrrole nitrogens is 1. The first-order valence-electron chi connectivity index (χ1n) is 9.25. The first kappa shape index (κ1) is 18.8. The number of amides is 1. The molecular formula is C21H19N3O5. The number of aromatic amines is 1. The number of esters is 1. The van der Waals surface area contributed by atoms with Crippen molar-refractivity contribution in [1.82, 2.24) is 15.1 Å². The third-order valence-electron chi connectivity index (χ3n) is 4.76. The fourth-order valence-corrected chi connectivity index (χ4v) is 3.27. The molecule has 8 heteroatoms. The van der Waals surface area contributed by atoms with E-state index in [-0.39, 0.29) is 11.6 Å². The van der Waals surface area contributed by atoms with Crippen molar-refractivity contribution in [1.29, 1.82) is 0 Å². The minimum absolute atomic E-state index is 0.0455. The van der Waals surface area contributed by atoms with E-state index >= 15 is 0 Å². The van der Waals surface area contributed by atoms with Gasteiger partial charge in [-0.15, -0.1) is 0 Å². The summed E-state index contributed by atoms with van der Waals surface area (Å²) in [5.41, 5.74) is 0.114. The van der Waals surface area contributed by atoms with Crippen LogP contribution in [0.1, 0.15) is 22.2 Å². The van der Waals surface area contributed by atoms with Crippen molar-refractivity contribution < 1.29 is 19.1 Å². The first-order valence-corrected chi connectivity index (χ1v) is 9.25. The Morgan fingerprint density at radius 1 is 1.00 bits per heavy atom. The number of benzene rings is 2. The van der Waals surface area contributed by atoms with E-state index in [0.717, 1.165) is 0 Å². The number of morpholine rings is 1. The molecule has 148 valence electrons. The van der Waals surface area contributed by atoms with Crippen LogP contribution in [-0.4, -0.2) is 53.3 Å². The van der Waals surface area contributed by atoms with Gasteiger partial charge in [-0.05, 0) is 6.07 Å². The highest BCUT2D eigenvalue weighted by molar-refractivity contribution is 6.02. The van der Waals surface area contributed by atoms with Crippen LogP contribution in [0.3, 0.4) is 0 Å². The summed E-state index contributed by atoms with van der Waals surface area (Å²) in [6.45, 7) is 1.74. The molecule has 1 unspecified atom stereocenters. The van der Waals surface area contributed by atoms with Crippen molar-refractivity contribution >= 4 is 22.6 Å². The number of carbonyl (C=O) groups is 2. The lowest BCUT2D eigenvalue weighted by Gasteiger charge is -2.30. The SMILES string of the molecule is O=C(OC(C(=O)N1CCOCC1)c1ccccc1)c1n[nH]c(=O)c2ccccc12. The van der Waals surface area contributed by atoms with Crippen LogP contribution in [0.4, 0.5) is 0 Å². The molecule has 1 N–H and O–H groups in total. The monoisotopic (exact) mass is 393 g/mol. The van der Waals surface area contributed by atoms with Gasteiger partial charge in [-0.3, -0.25) is 9.59 Å². The maximum Gasteiger partial charge on any atom is 0.360 e. The highest BCUT2D eigenvalue weighted by Crippen LogP contribution is 2.23. The predicted octanol–water partition coefficient (Wildman–Crippen LogP) is 1.68. The number of fused-ring (bicyclic) bond motifs is 1. The summed E-state index contributed by atoms with van der Waals surface area (Å²) in [7, 11) is 0. The van der Waals surface area contributed by atoms with E-state index in [1.165, 1.54) is 0 Å². The fourth-order valence-electron chi connectivity index (χ4n) is 3.27.